The third kappa shape index (κ3) is 7.06. The van der Waals surface area contributed by atoms with Crippen LogP contribution in [0.2, 0.25) is 5.02 Å². The molecule has 14 nitrogen and oxygen atoms in total. The Morgan fingerprint density at radius 1 is 1.20 bits per heavy atom. The number of nitrogens with zero attached hydrogens (tertiary/aromatic N) is 8. The summed E-state index contributed by atoms with van der Waals surface area (Å²) in [6, 6.07) is 3.01. The number of rotatable bonds is 11. The average molecular weight is 792 g/mol. The Balaban J connectivity index is 1.25. The molecular weight excluding hydrogens is 753 g/mol. The fraction of sp³-hybridized carbons (Fsp3) is 0.543. The second-order valence-corrected chi connectivity index (χ2v) is 16.3. The molecule has 3 aliphatic carbocycles. The molecule has 294 valence electrons. The SMILES string of the molecule is CC(C)(C)C[C@]1(C2(C)C=CC(c3nnn(C4CC4)n3)=CC2)NC(=N)N([C@H](COC(=O)NC2(C(F)(F)F)CC2)c2ccc(Cl)c(-n3ncnc3C(F)F)c2)C1=O. The number of guanidine groups is 1. The highest BCUT2D eigenvalue weighted by molar-refractivity contribution is 6.32. The summed E-state index contributed by atoms with van der Waals surface area (Å²) in [7, 11) is 0. The maximum Gasteiger partial charge on any atom is 0.411 e. The van der Waals surface area contributed by atoms with Gasteiger partial charge in [0.15, 0.2) is 11.8 Å². The number of benzene rings is 1. The summed E-state index contributed by atoms with van der Waals surface area (Å²) >= 11 is 6.45. The maximum absolute atomic E-state index is 15.2. The summed E-state index contributed by atoms with van der Waals surface area (Å²) < 4.78 is 75.1. The summed E-state index contributed by atoms with van der Waals surface area (Å²) in [5, 5.41) is 31.1. The van der Waals surface area contributed by atoms with Crippen molar-refractivity contribution in [3.63, 3.8) is 0 Å². The Kier molecular flexibility index (Phi) is 9.32. The van der Waals surface area contributed by atoms with Gasteiger partial charge < -0.3 is 15.4 Å². The van der Waals surface area contributed by atoms with Gasteiger partial charge in [0.2, 0.25) is 5.82 Å². The molecule has 3 heterocycles. The van der Waals surface area contributed by atoms with Gasteiger partial charge in [-0.05, 0) is 66.8 Å². The summed E-state index contributed by atoms with van der Waals surface area (Å²) in [5.74, 6) is -1.24. The largest absolute Gasteiger partial charge is 0.447 e. The fourth-order valence-corrected chi connectivity index (χ4v) is 7.43. The Labute approximate surface area is 317 Å². The van der Waals surface area contributed by atoms with Crippen LogP contribution in [0.5, 0.6) is 0 Å². The number of aromatic nitrogens is 7. The molecule has 0 radical (unpaired) electrons. The fourth-order valence-electron chi connectivity index (χ4n) is 7.23. The molecule has 55 heavy (non-hydrogen) atoms. The molecule has 7 rings (SSSR count). The van der Waals surface area contributed by atoms with E-state index in [0.717, 1.165) is 28.8 Å². The minimum Gasteiger partial charge on any atom is -0.447 e. The first kappa shape index (κ1) is 38.3. The quantitative estimate of drug-likeness (QED) is 0.181. The highest BCUT2D eigenvalue weighted by Crippen LogP contribution is 2.51. The molecule has 3 aromatic rings. The van der Waals surface area contributed by atoms with Gasteiger partial charge in [-0.1, -0.05) is 63.6 Å². The number of alkyl halides is 5. The van der Waals surface area contributed by atoms with E-state index >= 15 is 4.79 Å². The number of halogens is 6. The van der Waals surface area contributed by atoms with Crippen molar-refractivity contribution in [2.24, 2.45) is 10.8 Å². The third-order valence-electron chi connectivity index (χ3n) is 10.5. The van der Waals surface area contributed by atoms with E-state index in [0.29, 0.717) is 17.8 Å². The highest BCUT2D eigenvalue weighted by Gasteiger charge is 2.65. The smallest absolute Gasteiger partial charge is 0.411 e. The topological polar surface area (TPSA) is 169 Å². The third-order valence-corrected chi connectivity index (χ3v) is 10.9. The van der Waals surface area contributed by atoms with E-state index in [1.807, 2.05) is 51.2 Å². The molecule has 3 fully saturated rings. The van der Waals surface area contributed by atoms with Crippen molar-refractivity contribution in [3.05, 3.63) is 65.0 Å². The van der Waals surface area contributed by atoms with Crippen molar-refractivity contribution < 1.29 is 36.3 Å². The molecule has 2 saturated carbocycles. The number of tetrazole rings is 1. The predicted molar refractivity (Wildman–Crippen MR) is 187 cm³/mol. The number of amides is 2. The monoisotopic (exact) mass is 791 g/mol. The minimum absolute atomic E-state index is 0.0217. The van der Waals surface area contributed by atoms with E-state index in [1.165, 1.54) is 18.2 Å². The van der Waals surface area contributed by atoms with E-state index in [1.54, 1.807) is 4.80 Å². The number of carbonyl (C=O) groups excluding carboxylic acids is 2. The Morgan fingerprint density at radius 2 is 1.93 bits per heavy atom. The number of nitrogens with one attached hydrogen (secondary N) is 3. The van der Waals surface area contributed by atoms with Gasteiger partial charge in [-0.3, -0.25) is 15.1 Å². The maximum atomic E-state index is 15.2. The van der Waals surface area contributed by atoms with Gasteiger partial charge in [-0.2, -0.15) is 23.1 Å². The lowest BCUT2D eigenvalue weighted by molar-refractivity contribution is -0.164. The molecule has 1 aliphatic heterocycles. The van der Waals surface area contributed by atoms with Crippen LogP contribution in [0.3, 0.4) is 0 Å². The Hall–Kier alpha value is -4.94. The summed E-state index contributed by atoms with van der Waals surface area (Å²) in [5.41, 5.74) is -4.57. The zero-order valence-corrected chi connectivity index (χ0v) is 31.0. The van der Waals surface area contributed by atoms with Crippen LogP contribution >= 0.6 is 11.6 Å². The van der Waals surface area contributed by atoms with E-state index in [9.17, 15) is 32.2 Å². The van der Waals surface area contributed by atoms with E-state index in [4.69, 9.17) is 16.3 Å². The molecule has 3 atom stereocenters. The number of hydrogen-bond donors (Lipinski definition) is 3. The molecule has 0 spiro atoms. The second kappa shape index (κ2) is 13.4. The molecule has 1 saturated heterocycles. The van der Waals surface area contributed by atoms with Crippen molar-refractivity contribution in [2.45, 2.75) is 102 Å². The summed E-state index contributed by atoms with van der Waals surface area (Å²) in [6.07, 6.45) is -0.815. The van der Waals surface area contributed by atoms with Crippen molar-refractivity contribution in [1.29, 1.82) is 5.41 Å². The van der Waals surface area contributed by atoms with Crippen LogP contribution < -0.4 is 10.6 Å². The van der Waals surface area contributed by atoms with Gasteiger partial charge >= 0.3 is 12.3 Å². The van der Waals surface area contributed by atoms with Crippen molar-refractivity contribution >= 4 is 35.1 Å². The molecule has 20 heteroatoms. The zero-order chi connectivity index (χ0) is 39.7. The van der Waals surface area contributed by atoms with Gasteiger partial charge in [0.25, 0.3) is 12.3 Å². The lowest BCUT2D eigenvalue weighted by Gasteiger charge is -2.46. The first-order chi connectivity index (χ1) is 25.8. The summed E-state index contributed by atoms with van der Waals surface area (Å²) in [4.78, 5) is 34.4. The van der Waals surface area contributed by atoms with Crippen molar-refractivity contribution in [3.8, 4) is 5.69 Å². The van der Waals surface area contributed by atoms with E-state index < -0.39 is 65.0 Å². The molecule has 4 aliphatic rings. The van der Waals surface area contributed by atoms with Crippen LogP contribution in [0, 0.1) is 16.2 Å². The van der Waals surface area contributed by atoms with Gasteiger partial charge in [0.1, 0.15) is 24.0 Å². The molecule has 3 N–H and O–H groups in total. The highest BCUT2D eigenvalue weighted by atomic mass is 35.5. The van der Waals surface area contributed by atoms with Crippen molar-refractivity contribution in [1.82, 2.24) is 50.5 Å². The van der Waals surface area contributed by atoms with Crippen LogP contribution in [0.4, 0.5) is 26.7 Å². The number of alkyl carbamates (subject to hydrolysis) is 1. The molecule has 1 unspecified atom stereocenters. The van der Waals surface area contributed by atoms with Crippen LogP contribution in [0.15, 0.2) is 42.8 Å². The number of allylic oxidation sites excluding steroid dienone is 3. The zero-order valence-electron chi connectivity index (χ0n) is 30.3. The first-order valence-corrected chi connectivity index (χ1v) is 18.0. The van der Waals surface area contributed by atoms with Gasteiger partial charge in [0.05, 0.1) is 22.8 Å². The molecular formula is C35H39ClF5N11O3. The van der Waals surface area contributed by atoms with Crippen molar-refractivity contribution in [2.75, 3.05) is 6.61 Å². The van der Waals surface area contributed by atoms with Gasteiger partial charge in [0, 0.05) is 11.0 Å². The number of carbonyl (C=O) groups is 2. The van der Waals surface area contributed by atoms with E-state index in [-0.39, 0.29) is 47.5 Å². The van der Waals surface area contributed by atoms with Gasteiger partial charge in [-0.15, -0.1) is 10.2 Å². The van der Waals surface area contributed by atoms with Crippen LogP contribution in [-0.4, -0.2) is 81.7 Å². The molecule has 2 amide bonds. The standard InChI is InChI=1S/C35H39ClF5N11O3/c1-31(2,3)17-34(32(4)11-9-19(10-12-32)26-47-49-52(48-26)21-6-7-21)28(53)50(29(42)45-34)24(16-55-30(54)46-33(13-14-33)35(39,40)41)20-5-8-22(36)23(15-20)51-27(25(37)38)43-18-44-51/h5,8-11,15,18,21,24-25H,6-7,12-14,16-17H2,1-4H3,(H2,42,45)(H,46,54)/t24-,32?,34+/m1/s1. The molecule has 0 bridgehead atoms. The van der Waals surface area contributed by atoms with Crippen LogP contribution in [0.1, 0.15) is 102 Å². The van der Waals surface area contributed by atoms with Gasteiger partial charge in [-0.25, -0.2) is 23.2 Å². The van der Waals surface area contributed by atoms with E-state index in [2.05, 4.69) is 30.8 Å². The normalized spacial score (nSPS) is 24.2. The molecule has 1 aromatic carbocycles. The van der Waals surface area contributed by atoms with Crippen LogP contribution in [-0.2, 0) is 9.53 Å². The lowest BCUT2D eigenvalue weighted by Crippen LogP contribution is -2.60. The predicted octanol–water partition coefficient (Wildman–Crippen LogP) is 6.63. The molecule has 2 aromatic heterocycles. The lowest BCUT2D eigenvalue weighted by atomic mass is 9.61. The minimum atomic E-state index is -4.72. The van der Waals surface area contributed by atoms with Crippen LogP contribution in [0.25, 0.3) is 11.3 Å². The Bertz CT molecular complexity index is 2080. The Morgan fingerprint density at radius 3 is 2.53 bits per heavy atom. The number of ether oxygens (including phenoxy) is 1. The second-order valence-electron chi connectivity index (χ2n) is 15.9. The number of hydrogen-bond acceptors (Lipinski definition) is 9. The average Bonchev–Trinajstić information content (AvgIpc) is 3.97. The first-order valence-electron chi connectivity index (χ1n) is 17.7. The summed E-state index contributed by atoms with van der Waals surface area (Å²) in [6.45, 7) is 6.98.